The molecule has 2 aliphatic rings. The van der Waals surface area contributed by atoms with E-state index in [2.05, 4.69) is 96.3 Å². The van der Waals surface area contributed by atoms with E-state index < -0.39 is 0 Å². The molecular formula is C31H30N8O. The number of benzene rings is 3. The van der Waals surface area contributed by atoms with E-state index >= 15 is 0 Å². The zero-order chi connectivity index (χ0) is 26.9. The molecular weight excluding hydrogens is 500 g/mol. The minimum absolute atomic E-state index is 0.0434. The topological polar surface area (TPSA) is 103 Å². The number of methoxy groups -OCH3 is 1. The fourth-order valence-electron chi connectivity index (χ4n) is 5.32. The van der Waals surface area contributed by atoms with Gasteiger partial charge in [0.1, 0.15) is 23.8 Å². The zero-order valence-electron chi connectivity index (χ0n) is 22.2. The molecule has 1 aliphatic carbocycles. The molecule has 7 rings (SSSR count). The normalized spacial score (nSPS) is 16.9. The van der Waals surface area contributed by atoms with E-state index in [-0.39, 0.29) is 12.2 Å². The fraction of sp³-hybridized carbons (Fsp3) is 0.226. The summed E-state index contributed by atoms with van der Waals surface area (Å²) in [4.78, 5) is 24.0. The van der Waals surface area contributed by atoms with Crippen LogP contribution in [-0.4, -0.2) is 39.3 Å². The number of nitrogens with zero attached hydrogens (tertiary/aromatic N) is 5. The molecule has 9 nitrogen and oxygen atoms in total. The number of aromatic nitrogens is 4. The van der Waals surface area contributed by atoms with Crippen LogP contribution >= 0.6 is 0 Å². The Balaban J connectivity index is 1.27. The van der Waals surface area contributed by atoms with E-state index in [0.29, 0.717) is 18.1 Å². The molecule has 1 saturated carbocycles. The van der Waals surface area contributed by atoms with Gasteiger partial charge in [-0.05, 0) is 60.7 Å². The molecule has 0 amide bonds. The highest BCUT2D eigenvalue weighted by molar-refractivity contribution is 5.82. The smallest absolute Gasteiger partial charge is 0.182 e. The number of rotatable bonds is 9. The summed E-state index contributed by atoms with van der Waals surface area (Å²) in [6.45, 7) is 0.698. The van der Waals surface area contributed by atoms with Gasteiger partial charge >= 0.3 is 0 Å². The number of fused-ring (bicyclic) bond motifs is 2. The van der Waals surface area contributed by atoms with Crippen LogP contribution in [0.25, 0.3) is 17.4 Å². The van der Waals surface area contributed by atoms with Crippen molar-refractivity contribution in [3.8, 4) is 5.75 Å². The summed E-state index contributed by atoms with van der Waals surface area (Å²) in [5.74, 6) is 2.09. The number of nitrogens with one attached hydrogen (secondary N) is 3. The van der Waals surface area contributed by atoms with Crippen LogP contribution in [0.2, 0.25) is 0 Å². The molecule has 0 radical (unpaired) electrons. The molecule has 3 aromatic carbocycles. The van der Waals surface area contributed by atoms with Gasteiger partial charge in [0, 0.05) is 29.3 Å². The number of H-pyrrole nitrogens is 1. The number of ether oxygens (including phenoxy) is 1. The molecule has 1 unspecified atom stereocenters. The molecule has 2 aromatic heterocycles. The van der Waals surface area contributed by atoms with Crippen molar-refractivity contribution in [1.29, 1.82) is 0 Å². The van der Waals surface area contributed by atoms with E-state index in [1.807, 2.05) is 18.2 Å². The van der Waals surface area contributed by atoms with Gasteiger partial charge in [-0.25, -0.2) is 15.0 Å². The summed E-state index contributed by atoms with van der Waals surface area (Å²) in [7, 11) is 1.68. The Morgan fingerprint density at radius 3 is 2.62 bits per heavy atom. The van der Waals surface area contributed by atoms with Crippen LogP contribution in [0.4, 0.5) is 17.2 Å². The summed E-state index contributed by atoms with van der Waals surface area (Å²) in [5.41, 5.74) is 4.77. The third kappa shape index (κ3) is 4.70. The van der Waals surface area contributed by atoms with Crippen molar-refractivity contribution < 1.29 is 4.74 Å². The van der Waals surface area contributed by atoms with Gasteiger partial charge in [0.2, 0.25) is 0 Å². The average molecular weight is 531 g/mol. The van der Waals surface area contributed by atoms with E-state index in [1.165, 1.54) is 5.56 Å². The maximum Gasteiger partial charge on any atom is 0.182 e. The highest BCUT2D eigenvalue weighted by Crippen LogP contribution is 2.39. The van der Waals surface area contributed by atoms with Gasteiger partial charge in [-0.15, -0.1) is 0 Å². The number of imidazole rings is 1. The summed E-state index contributed by atoms with van der Waals surface area (Å²) < 4.78 is 5.30. The first-order valence-electron chi connectivity index (χ1n) is 13.6. The Morgan fingerprint density at radius 1 is 0.975 bits per heavy atom. The monoisotopic (exact) mass is 530 g/mol. The standard InChI is InChI=1S/C31H30N8O/c1-40-23-14-10-20(11-15-23)16-32-25-8-5-9-26-24(25)17-39(22-6-3-2-4-7-22)31(37-26)27(21-12-13-21)38-30-28-29(34-18-33-28)35-19-36-30/h2-11,14-15,17-19,21,27,31-32H,12-13,16H2,1H3,(H2,33,34,35,36,38)/t27?,31-/m1/s1. The molecule has 40 heavy (non-hydrogen) atoms. The molecule has 2 atom stereocenters. The van der Waals surface area contributed by atoms with Crippen LogP contribution in [0.3, 0.4) is 0 Å². The van der Waals surface area contributed by atoms with Crippen molar-refractivity contribution in [2.24, 2.45) is 10.9 Å². The van der Waals surface area contributed by atoms with E-state index in [4.69, 9.17) is 9.73 Å². The van der Waals surface area contributed by atoms with E-state index in [9.17, 15) is 0 Å². The quantitative estimate of drug-likeness (QED) is 0.264. The largest absolute Gasteiger partial charge is 0.497 e. The number of hydrogen-bond acceptors (Lipinski definition) is 8. The first-order chi connectivity index (χ1) is 19.8. The number of aromatic amines is 1. The summed E-state index contributed by atoms with van der Waals surface area (Å²) in [6.07, 6.45) is 7.60. The highest BCUT2D eigenvalue weighted by atomic mass is 16.5. The van der Waals surface area contributed by atoms with Crippen molar-refractivity contribution >= 4 is 34.6 Å². The lowest BCUT2D eigenvalue weighted by Crippen LogP contribution is -2.51. The van der Waals surface area contributed by atoms with Crippen molar-refractivity contribution in [3.63, 3.8) is 0 Å². The number of hydrogen-bond donors (Lipinski definition) is 3. The minimum Gasteiger partial charge on any atom is -0.497 e. The van der Waals surface area contributed by atoms with Gasteiger partial charge in [0.05, 0.1) is 24.8 Å². The van der Waals surface area contributed by atoms with Gasteiger partial charge in [0.15, 0.2) is 11.5 Å². The summed E-state index contributed by atoms with van der Waals surface area (Å²) in [6, 6.07) is 24.9. The molecule has 1 fully saturated rings. The first-order valence-corrected chi connectivity index (χ1v) is 13.6. The second-order valence-electron chi connectivity index (χ2n) is 10.2. The van der Waals surface area contributed by atoms with Crippen LogP contribution in [-0.2, 0) is 6.54 Å². The maximum atomic E-state index is 5.37. The lowest BCUT2D eigenvalue weighted by atomic mass is 10.1. The molecule has 9 heteroatoms. The third-order valence-corrected chi connectivity index (χ3v) is 7.58. The molecule has 3 N–H and O–H groups in total. The Hall–Kier alpha value is -4.92. The Kier molecular flexibility index (Phi) is 6.24. The Bertz CT molecular complexity index is 1750. The zero-order valence-corrected chi connectivity index (χ0v) is 22.2. The van der Waals surface area contributed by atoms with Gasteiger partial charge < -0.3 is 25.3 Å². The van der Waals surface area contributed by atoms with Crippen molar-refractivity contribution in [2.75, 3.05) is 22.6 Å². The summed E-state index contributed by atoms with van der Waals surface area (Å²) in [5, 5.41) is 9.41. The fourth-order valence-corrected chi connectivity index (χ4v) is 5.32. The lowest BCUT2D eigenvalue weighted by molar-refractivity contribution is 0.414. The van der Waals surface area contributed by atoms with Gasteiger partial charge in [-0.1, -0.05) is 36.4 Å². The molecule has 0 spiro atoms. The molecule has 5 aromatic rings. The molecule has 200 valence electrons. The van der Waals surface area contributed by atoms with E-state index in [1.54, 1.807) is 19.8 Å². The summed E-state index contributed by atoms with van der Waals surface area (Å²) >= 11 is 0. The van der Waals surface area contributed by atoms with E-state index in [0.717, 1.165) is 51.9 Å². The highest BCUT2D eigenvalue weighted by Gasteiger charge is 2.40. The number of anilines is 3. The molecule has 1 aliphatic heterocycles. The Labute approximate surface area is 231 Å². The van der Waals surface area contributed by atoms with Gasteiger partial charge in [0.25, 0.3) is 0 Å². The lowest BCUT2D eigenvalue weighted by Gasteiger charge is -2.36. The second-order valence-corrected chi connectivity index (χ2v) is 10.2. The van der Waals surface area contributed by atoms with Crippen LogP contribution in [0.15, 0.2) is 90.4 Å². The third-order valence-electron chi connectivity index (χ3n) is 7.58. The van der Waals surface area contributed by atoms with Crippen molar-refractivity contribution in [1.82, 2.24) is 19.9 Å². The van der Waals surface area contributed by atoms with Crippen molar-refractivity contribution in [2.45, 2.75) is 31.6 Å². The van der Waals surface area contributed by atoms with Crippen LogP contribution < -0.4 is 30.8 Å². The van der Waals surface area contributed by atoms with Crippen LogP contribution in [0.5, 0.6) is 5.75 Å². The van der Waals surface area contributed by atoms with Gasteiger partial charge in [-0.2, -0.15) is 0 Å². The van der Waals surface area contributed by atoms with Crippen LogP contribution in [0, 0.1) is 5.92 Å². The predicted octanol–water partition coefficient (Wildman–Crippen LogP) is 4.07. The Morgan fingerprint density at radius 2 is 1.82 bits per heavy atom. The molecule has 0 bridgehead atoms. The van der Waals surface area contributed by atoms with Crippen molar-refractivity contribution in [3.05, 3.63) is 102 Å². The number of para-hydroxylation sites is 1. The SMILES string of the molecule is COc1ccc(CNc2cccc3c2=CN(c2ccccc2)[C@H](C(Nc2ncnc4nc[nH]c24)C2CC2)N=3)cc1. The average Bonchev–Trinajstić information content (AvgIpc) is 3.74. The van der Waals surface area contributed by atoms with Crippen LogP contribution in [0.1, 0.15) is 18.4 Å². The van der Waals surface area contributed by atoms with Gasteiger partial charge in [-0.3, -0.25) is 4.99 Å². The second kappa shape index (κ2) is 10.3. The molecule has 3 heterocycles. The predicted molar refractivity (Wildman–Crippen MR) is 157 cm³/mol. The minimum atomic E-state index is -0.160. The first kappa shape index (κ1) is 24.1. The maximum absolute atomic E-state index is 5.37. The molecule has 0 saturated heterocycles.